The van der Waals surface area contributed by atoms with E-state index < -0.39 is 5.97 Å². The SMILES string of the molecule is CCC(CNC(=O)N1CCSC(C)C1C)CC(=O)O. The highest BCUT2D eigenvalue weighted by atomic mass is 32.2. The van der Waals surface area contributed by atoms with Crippen LogP contribution >= 0.6 is 11.8 Å². The number of hydrogen-bond donors (Lipinski definition) is 2. The quantitative estimate of drug-likeness (QED) is 0.812. The van der Waals surface area contributed by atoms with Crippen LogP contribution in [0.3, 0.4) is 0 Å². The van der Waals surface area contributed by atoms with E-state index in [2.05, 4.69) is 19.2 Å². The topological polar surface area (TPSA) is 69.6 Å². The maximum atomic E-state index is 12.1. The van der Waals surface area contributed by atoms with Crippen LogP contribution in [0, 0.1) is 5.92 Å². The number of rotatable bonds is 5. The van der Waals surface area contributed by atoms with Gasteiger partial charge in [-0.15, -0.1) is 0 Å². The van der Waals surface area contributed by atoms with Gasteiger partial charge in [0.2, 0.25) is 0 Å². The van der Waals surface area contributed by atoms with E-state index in [4.69, 9.17) is 5.11 Å². The molecule has 1 rings (SSSR count). The molecule has 0 bridgehead atoms. The van der Waals surface area contributed by atoms with Crippen molar-refractivity contribution in [1.29, 1.82) is 0 Å². The second-order valence-electron chi connectivity index (χ2n) is 5.07. The van der Waals surface area contributed by atoms with Crippen molar-refractivity contribution in [1.82, 2.24) is 10.2 Å². The van der Waals surface area contributed by atoms with Gasteiger partial charge >= 0.3 is 12.0 Å². The van der Waals surface area contributed by atoms with Crippen LogP contribution in [0.5, 0.6) is 0 Å². The number of nitrogens with one attached hydrogen (secondary N) is 1. The van der Waals surface area contributed by atoms with Crippen molar-refractivity contribution >= 4 is 23.8 Å². The molecule has 6 heteroatoms. The van der Waals surface area contributed by atoms with E-state index in [1.807, 2.05) is 23.6 Å². The van der Waals surface area contributed by atoms with Crippen LogP contribution in [0.15, 0.2) is 0 Å². The summed E-state index contributed by atoms with van der Waals surface area (Å²) in [6.07, 6.45) is 0.868. The van der Waals surface area contributed by atoms with E-state index in [-0.39, 0.29) is 24.4 Å². The number of thioether (sulfide) groups is 1. The largest absolute Gasteiger partial charge is 0.481 e. The molecule has 0 radical (unpaired) electrons. The molecule has 0 spiro atoms. The first-order valence-corrected chi connectivity index (χ1v) is 7.88. The first-order chi connectivity index (χ1) is 8.95. The number of nitrogens with zero attached hydrogens (tertiary/aromatic N) is 1. The Morgan fingerprint density at radius 2 is 2.16 bits per heavy atom. The standard InChI is InChI=1S/C13H24N2O3S/c1-4-11(7-12(16)17)8-14-13(18)15-5-6-19-10(3)9(15)2/h9-11H,4-8H2,1-3H3,(H,14,18)(H,16,17). The van der Waals surface area contributed by atoms with Gasteiger partial charge in [0.05, 0.1) is 0 Å². The smallest absolute Gasteiger partial charge is 0.317 e. The fourth-order valence-electron chi connectivity index (χ4n) is 2.16. The molecule has 0 aromatic carbocycles. The predicted molar refractivity (Wildman–Crippen MR) is 77.5 cm³/mol. The highest BCUT2D eigenvalue weighted by Gasteiger charge is 2.28. The minimum Gasteiger partial charge on any atom is -0.481 e. The van der Waals surface area contributed by atoms with Crippen molar-refractivity contribution in [2.45, 2.75) is 44.9 Å². The van der Waals surface area contributed by atoms with Gasteiger partial charge in [0, 0.05) is 36.6 Å². The van der Waals surface area contributed by atoms with E-state index in [0.29, 0.717) is 11.8 Å². The number of carboxylic acid groups (broad SMARTS) is 1. The van der Waals surface area contributed by atoms with E-state index in [1.54, 1.807) is 0 Å². The number of aliphatic carboxylic acids is 1. The van der Waals surface area contributed by atoms with Crippen molar-refractivity contribution in [3.8, 4) is 0 Å². The zero-order valence-electron chi connectivity index (χ0n) is 11.9. The molecule has 3 unspecified atom stereocenters. The molecular weight excluding hydrogens is 264 g/mol. The Balaban J connectivity index is 2.43. The number of amides is 2. The zero-order chi connectivity index (χ0) is 14.4. The molecule has 19 heavy (non-hydrogen) atoms. The Kier molecular flexibility index (Phi) is 6.48. The third kappa shape index (κ3) is 4.93. The van der Waals surface area contributed by atoms with Crippen molar-refractivity contribution in [2.75, 3.05) is 18.8 Å². The van der Waals surface area contributed by atoms with Crippen LogP contribution in [0.4, 0.5) is 4.79 Å². The average molecular weight is 288 g/mol. The normalized spacial score (nSPS) is 24.9. The van der Waals surface area contributed by atoms with Gasteiger partial charge in [0.1, 0.15) is 0 Å². The van der Waals surface area contributed by atoms with Gasteiger partial charge in [-0.3, -0.25) is 4.79 Å². The summed E-state index contributed by atoms with van der Waals surface area (Å²) in [6, 6.07) is 0.154. The van der Waals surface area contributed by atoms with Crippen molar-refractivity contribution in [3.05, 3.63) is 0 Å². The highest BCUT2D eigenvalue weighted by molar-refractivity contribution is 8.00. The lowest BCUT2D eigenvalue weighted by molar-refractivity contribution is -0.138. The van der Waals surface area contributed by atoms with Crippen LogP contribution in [-0.4, -0.2) is 52.1 Å². The van der Waals surface area contributed by atoms with E-state index in [1.165, 1.54) is 0 Å². The first kappa shape index (κ1) is 16.1. The third-order valence-corrected chi connectivity index (χ3v) is 5.07. The second kappa shape index (κ2) is 7.62. The third-order valence-electron chi connectivity index (χ3n) is 3.73. The molecule has 0 saturated carbocycles. The van der Waals surface area contributed by atoms with Gasteiger partial charge in [-0.25, -0.2) is 4.79 Å². The van der Waals surface area contributed by atoms with E-state index in [0.717, 1.165) is 18.7 Å². The molecule has 110 valence electrons. The molecule has 1 aliphatic rings. The Morgan fingerprint density at radius 1 is 1.47 bits per heavy atom. The summed E-state index contributed by atoms with van der Waals surface area (Å²) in [7, 11) is 0. The number of carbonyl (C=O) groups is 2. The summed E-state index contributed by atoms with van der Waals surface area (Å²) in [5.41, 5.74) is 0. The number of carbonyl (C=O) groups excluding carboxylic acids is 1. The Labute approximate surface area is 119 Å². The lowest BCUT2D eigenvalue weighted by atomic mass is 10.0. The molecule has 0 aromatic rings. The molecule has 2 N–H and O–H groups in total. The summed E-state index contributed by atoms with van der Waals surface area (Å²) in [4.78, 5) is 24.7. The average Bonchev–Trinajstić information content (AvgIpc) is 2.37. The Hall–Kier alpha value is -0.910. The lowest BCUT2D eigenvalue weighted by Gasteiger charge is -2.37. The number of carboxylic acids is 1. The van der Waals surface area contributed by atoms with Gasteiger partial charge in [-0.2, -0.15) is 11.8 Å². The predicted octanol–water partition coefficient (Wildman–Crippen LogP) is 2.02. The fourth-order valence-corrected chi connectivity index (χ4v) is 3.26. The molecule has 1 saturated heterocycles. The van der Waals surface area contributed by atoms with Crippen LogP contribution in [0.1, 0.15) is 33.6 Å². The molecule has 5 nitrogen and oxygen atoms in total. The summed E-state index contributed by atoms with van der Waals surface area (Å²) in [6.45, 7) is 7.34. The monoisotopic (exact) mass is 288 g/mol. The Morgan fingerprint density at radius 3 is 2.74 bits per heavy atom. The molecular formula is C13H24N2O3S. The number of hydrogen-bond acceptors (Lipinski definition) is 3. The summed E-state index contributed by atoms with van der Waals surface area (Å²) in [5, 5.41) is 12.1. The van der Waals surface area contributed by atoms with Crippen molar-refractivity contribution in [2.24, 2.45) is 5.92 Å². The van der Waals surface area contributed by atoms with Crippen LogP contribution < -0.4 is 5.32 Å². The summed E-state index contributed by atoms with van der Waals surface area (Å²) in [5.74, 6) is 0.163. The van der Waals surface area contributed by atoms with Gasteiger partial charge in [0.25, 0.3) is 0 Å². The maximum Gasteiger partial charge on any atom is 0.317 e. The van der Waals surface area contributed by atoms with Crippen LogP contribution in [0.25, 0.3) is 0 Å². The minimum absolute atomic E-state index is 0.00773. The number of urea groups is 1. The van der Waals surface area contributed by atoms with Crippen LogP contribution in [-0.2, 0) is 4.79 Å². The molecule has 0 aromatic heterocycles. The highest BCUT2D eigenvalue weighted by Crippen LogP contribution is 2.24. The van der Waals surface area contributed by atoms with Gasteiger partial charge in [-0.1, -0.05) is 20.3 Å². The minimum atomic E-state index is -0.808. The molecule has 3 atom stereocenters. The molecule has 1 aliphatic heterocycles. The van der Waals surface area contributed by atoms with E-state index >= 15 is 0 Å². The second-order valence-corrected chi connectivity index (χ2v) is 6.55. The summed E-state index contributed by atoms with van der Waals surface area (Å²) < 4.78 is 0. The van der Waals surface area contributed by atoms with Crippen molar-refractivity contribution in [3.63, 3.8) is 0 Å². The maximum absolute atomic E-state index is 12.1. The van der Waals surface area contributed by atoms with E-state index in [9.17, 15) is 9.59 Å². The van der Waals surface area contributed by atoms with Gasteiger partial charge in [-0.05, 0) is 12.8 Å². The first-order valence-electron chi connectivity index (χ1n) is 6.83. The zero-order valence-corrected chi connectivity index (χ0v) is 12.7. The Bertz CT molecular complexity index is 325. The van der Waals surface area contributed by atoms with Crippen molar-refractivity contribution < 1.29 is 14.7 Å². The molecule has 1 fully saturated rings. The van der Waals surface area contributed by atoms with Gasteiger partial charge in [0.15, 0.2) is 0 Å². The van der Waals surface area contributed by atoms with Crippen LogP contribution in [0.2, 0.25) is 0 Å². The molecule has 0 aliphatic carbocycles. The molecule has 1 heterocycles. The summed E-state index contributed by atoms with van der Waals surface area (Å²) >= 11 is 1.89. The fraction of sp³-hybridized carbons (Fsp3) is 0.846. The van der Waals surface area contributed by atoms with Gasteiger partial charge < -0.3 is 15.3 Å². The lowest BCUT2D eigenvalue weighted by Crippen LogP contribution is -2.52. The molecule has 2 amide bonds.